The van der Waals surface area contributed by atoms with Gasteiger partial charge in [0, 0.05) is 0 Å². The molecule has 0 saturated carbocycles. The minimum absolute atomic E-state index is 0.120. The summed E-state index contributed by atoms with van der Waals surface area (Å²) in [5, 5.41) is 16.8. The van der Waals surface area contributed by atoms with Crippen LogP contribution in [0.3, 0.4) is 0 Å². The van der Waals surface area contributed by atoms with E-state index in [4.69, 9.17) is 10.5 Å². The fourth-order valence-electron chi connectivity index (χ4n) is 1.04. The van der Waals surface area contributed by atoms with Crippen LogP contribution in [-0.2, 0) is 6.42 Å². The molecular formula is C9H4F3N3. The Balaban J connectivity index is 3.35. The lowest BCUT2D eigenvalue weighted by atomic mass is 10.1. The van der Waals surface area contributed by atoms with E-state index in [0.717, 1.165) is 6.07 Å². The van der Waals surface area contributed by atoms with Crippen molar-refractivity contribution in [3.8, 4) is 12.1 Å². The van der Waals surface area contributed by atoms with Crippen LogP contribution in [0.1, 0.15) is 23.2 Å². The van der Waals surface area contributed by atoms with Gasteiger partial charge in [-0.2, -0.15) is 14.9 Å². The Morgan fingerprint density at radius 3 is 2.53 bits per heavy atom. The van der Waals surface area contributed by atoms with Gasteiger partial charge >= 0.3 is 0 Å². The van der Waals surface area contributed by atoms with Crippen LogP contribution in [0.25, 0.3) is 0 Å². The van der Waals surface area contributed by atoms with E-state index in [1.54, 1.807) is 6.07 Å². The molecule has 0 spiro atoms. The summed E-state index contributed by atoms with van der Waals surface area (Å²) in [7, 11) is 0. The third-order valence-corrected chi connectivity index (χ3v) is 1.69. The van der Waals surface area contributed by atoms with E-state index in [9.17, 15) is 13.2 Å². The second-order valence-electron chi connectivity index (χ2n) is 2.62. The Morgan fingerprint density at radius 2 is 2.07 bits per heavy atom. The molecule has 0 radical (unpaired) electrons. The lowest BCUT2D eigenvalue weighted by Gasteiger charge is -2.05. The van der Waals surface area contributed by atoms with Crippen molar-refractivity contribution in [3.63, 3.8) is 0 Å². The Kier molecular flexibility index (Phi) is 3.25. The van der Waals surface area contributed by atoms with Crippen LogP contribution in [0.15, 0.2) is 6.07 Å². The standard InChI is InChI=1S/C9H4F3N3/c10-8(11)7-5(1-2-13)3-6(4-14)9(12)15-7/h3,8H,1H2. The quantitative estimate of drug-likeness (QED) is 0.703. The van der Waals surface area contributed by atoms with Crippen LogP contribution in [0.5, 0.6) is 0 Å². The zero-order valence-corrected chi connectivity index (χ0v) is 7.34. The summed E-state index contributed by atoms with van der Waals surface area (Å²) in [4.78, 5) is 2.97. The van der Waals surface area contributed by atoms with Gasteiger partial charge in [-0.05, 0) is 11.6 Å². The number of hydrogen-bond donors (Lipinski definition) is 0. The van der Waals surface area contributed by atoms with E-state index in [1.807, 2.05) is 0 Å². The monoisotopic (exact) mass is 211 g/mol. The number of pyridine rings is 1. The summed E-state index contributed by atoms with van der Waals surface area (Å²) in [6, 6.07) is 4.04. The highest BCUT2D eigenvalue weighted by Crippen LogP contribution is 2.23. The average Bonchev–Trinajstić information content (AvgIpc) is 2.20. The van der Waals surface area contributed by atoms with Crippen molar-refractivity contribution in [1.29, 1.82) is 10.5 Å². The molecule has 0 bridgehead atoms. The maximum atomic E-state index is 12.9. The molecule has 0 aromatic carbocycles. The van der Waals surface area contributed by atoms with Gasteiger partial charge in [-0.15, -0.1) is 0 Å². The molecule has 3 nitrogen and oxygen atoms in total. The Morgan fingerprint density at radius 1 is 1.40 bits per heavy atom. The molecule has 0 unspecified atom stereocenters. The van der Waals surface area contributed by atoms with Crippen molar-refractivity contribution < 1.29 is 13.2 Å². The first-order chi connectivity index (χ1) is 7.10. The number of alkyl halides is 2. The van der Waals surface area contributed by atoms with Crippen LogP contribution in [-0.4, -0.2) is 4.98 Å². The van der Waals surface area contributed by atoms with E-state index >= 15 is 0 Å². The molecule has 0 fully saturated rings. The van der Waals surface area contributed by atoms with Gasteiger partial charge in [-0.25, -0.2) is 13.8 Å². The SMILES string of the molecule is N#CCc1cc(C#N)c(F)nc1C(F)F. The molecule has 0 saturated heterocycles. The third kappa shape index (κ3) is 2.23. The van der Waals surface area contributed by atoms with Gasteiger partial charge < -0.3 is 0 Å². The van der Waals surface area contributed by atoms with Crippen molar-refractivity contribution in [1.82, 2.24) is 4.98 Å². The lowest BCUT2D eigenvalue weighted by Crippen LogP contribution is -2.03. The van der Waals surface area contributed by atoms with Gasteiger partial charge in [0.05, 0.1) is 12.5 Å². The second kappa shape index (κ2) is 4.43. The first-order valence-electron chi connectivity index (χ1n) is 3.84. The van der Waals surface area contributed by atoms with Crippen molar-refractivity contribution in [2.24, 2.45) is 0 Å². The second-order valence-corrected chi connectivity index (χ2v) is 2.62. The number of rotatable bonds is 2. The summed E-state index contributed by atoms with van der Waals surface area (Å²) < 4.78 is 37.6. The van der Waals surface area contributed by atoms with Gasteiger partial charge in [0.15, 0.2) is 0 Å². The van der Waals surface area contributed by atoms with E-state index in [0.29, 0.717) is 0 Å². The fraction of sp³-hybridized carbons (Fsp3) is 0.222. The number of nitrogens with zero attached hydrogens (tertiary/aromatic N) is 3. The number of aromatic nitrogens is 1. The zero-order valence-electron chi connectivity index (χ0n) is 7.34. The van der Waals surface area contributed by atoms with Gasteiger partial charge in [0.25, 0.3) is 6.43 Å². The summed E-state index contributed by atoms with van der Waals surface area (Å²) in [6.07, 6.45) is -3.29. The third-order valence-electron chi connectivity index (χ3n) is 1.69. The van der Waals surface area contributed by atoms with Crippen molar-refractivity contribution in [3.05, 3.63) is 28.8 Å². The first-order valence-corrected chi connectivity index (χ1v) is 3.84. The molecule has 0 aliphatic carbocycles. The van der Waals surface area contributed by atoms with Gasteiger partial charge in [-0.3, -0.25) is 0 Å². The Bertz CT molecular complexity index is 457. The molecule has 1 aromatic rings. The van der Waals surface area contributed by atoms with Gasteiger partial charge in [-0.1, -0.05) is 0 Å². The topological polar surface area (TPSA) is 60.5 Å². The number of hydrogen-bond acceptors (Lipinski definition) is 3. The molecule has 0 aliphatic rings. The minimum Gasteiger partial charge on any atom is -0.217 e. The highest BCUT2D eigenvalue weighted by Gasteiger charge is 2.18. The highest BCUT2D eigenvalue weighted by atomic mass is 19.3. The summed E-state index contributed by atoms with van der Waals surface area (Å²) in [5.74, 6) is -1.24. The van der Waals surface area contributed by atoms with E-state index in [1.165, 1.54) is 6.07 Å². The lowest BCUT2D eigenvalue weighted by molar-refractivity contribution is 0.143. The maximum Gasteiger partial charge on any atom is 0.280 e. The molecule has 76 valence electrons. The largest absolute Gasteiger partial charge is 0.280 e. The van der Waals surface area contributed by atoms with Crippen molar-refractivity contribution >= 4 is 0 Å². The molecule has 1 rings (SSSR count). The summed E-state index contributed by atoms with van der Waals surface area (Å²) in [6.45, 7) is 0. The molecule has 1 heterocycles. The van der Waals surface area contributed by atoms with Crippen molar-refractivity contribution in [2.45, 2.75) is 12.8 Å². The number of halogens is 3. The van der Waals surface area contributed by atoms with Crippen LogP contribution in [0.2, 0.25) is 0 Å². The average molecular weight is 211 g/mol. The fourth-order valence-corrected chi connectivity index (χ4v) is 1.04. The Labute approximate surface area is 83.4 Å². The molecular weight excluding hydrogens is 207 g/mol. The maximum absolute atomic E-state index is 12.9. The van der Waals surface area contributed by atoms with Crippen molar-refractivity contribution in [2.75, 3.05) is 0 Å². The van der Waals surface area contributed by atoms with Crippen LogP contribution >= 0.6 is 0 Å². The molecule has 15 heavy (non-hydrogen) atoms. The van der Waals surface area contributed by atoms with Gasteiger partial charge in [0.2, 0.25) is 5.95 Å². The summed E-state index contributed by atoms with van der Waals surface area (Å²) in [5.41, 5.74) is -1.34. The molecule has 6 heteroatoms. The molecule has 0 aliphatic heterocycles. The first kappa shape index (κ1) is 11.0. The minimum atomic E-state index is -2.96. The molecule has 0 N–H and O–H groups in total. The van der Waals surface area contributed by atoms with E-state index < -0.39 is 23.6 Å². The Hall–Kier alpha value is -2.08. The van der Waals surface area contributed by atoms with Crippen LogP contribution < -0.4 is 0 Å². The van der Waals surface area contributed by atoms with Crippen LogP contribution in [0, 0.1) is 28.6 Å². The summed E-state index contributed by atoms with van der Waals surface area (Å²) >= 11 is 0. The predicted molar refractivity (Wildman–Crippen MR) is 43.2 cm³/mol. The predicted octanol–water partition coefficient (Wildman–Crippen LogP) is 2.10. The van der Waals surface area contributed by atoms with Gasteiger partial charge in [0.1, 0.15) is 17.3 Å². The smallest absolute Gasteiger partial charge is 0.217 e. The molecule has 0 amide bonds. The van der Waals surface area contributed by atoms with E-state index in [2.05, 4.69) is 4.98 Å². The normalized spacial score (nSPS) is 9.73. The number of nitriles is 2. The highest BCUT2D eigenvalue weighted by molar-refractivity contribution is 5.35. The van der Waals surface area contributed by atoms with E-state index in [-0.39, 0.29) is 12.0 Å². The van der Waals surface area contributed by atoms with Crippen LogP contribution in [0.4, 0.5) is 13.2 Å². The molecule has 0 atom stereocenters. The molecule has 1 aromatic heterocycles. The zero-order chi connectivity index (χ0) is 11.4.